The van der Waals surface area contributed by atoms with Crippen LogP contribution in [0.25, 0.3) is 0 Å². The van der Waals surface area contributed by atoms with Crippen LogP contribution in [-0.4, -0.2) is 5.97 Å². The molecule has 0 aliphatic rings. The first-order chi connectivity index (χ1) is 9.72. The van der Waals surface area contributed by atoms with Gasteiger partial charge in [0, 0.05) is 6.42 Å². The third-order valence-electron chi connectivity index (χ3n) is 3.06. The number of hydrogen-bond acceptors (Lipinski definition) is 3. The SMILES string of the molecule is C/C=C(/C#N)C(OC(=O)CCCCC)c1ccccc1. The van der Waals surface area contributed by atoms with Gasteiger partial charge in [0.05, 0.1) is 11.6 Å². The van der Waals surface area contributed by atoms with Crippen LogP contribution in [-0.2, 0) is 9.53 Å². The van der Waals surface area contributed by atoms with Gasteiger partial charge in [0.2, 0.25) is 0 Å². The molecule has 1 atom stereocenters. The zero-order chi connectivity index (χ0) is 14.8. The summed E-state index contributed by atoms with van der Waals surface area (Å²) in [7, 11) is 0. The van der Waals surface area contributed by atoms with Crippen LogP contribution >= 0.6 is 0 Å². The maximum atomic E-state index is 11.9. The van der Waals surface area contributed by atoms with E-state index in [2.05, 4.69) is 13.0 Å². The Morgan fingerprint density at radius 1 is 1.35 bits per heavy atom. The van der Waals surface area contributed by atoms with E-state index in [0.717, 1.165) is 24.8 Å². The van der Waals surface area contributed by atoms with Crippen LogP contribution in [0.4, 0.5) is 0 Å². The molecular weight excluding hydrogens is 250 g/mol. The van der Waals surface area contributed by atoms with Crippen molar-refractivity contribution in [3.63, 3.8) is 0 Å². The number of hydrogen-bond donors (Lipinski definition) is 0. The van der Waals surface area contributed by atoms with Crippen molar-refractivity contribution in [1.82, 2.24) is 0 Å². The summed E-state index contributed by atoms with van der Waals surface area (Å²) in [6.07, 6.45) is 4.40. The van der Waals surface area contributed by atoms with Gasteiger partial charge < -0.3 is 4.74 Å². The molecule has 3 heteroatoms. The molecule has 0 bridgehead atoms. The smallest absolute Gasteiger partial charge is 0.306 e. The summed E-state index contributed by atoms with van der Waals surface area (Å²) in [5.74, 6) is -0.248. The minimum Gasteiger partial charge on any atom is -0.452 e. The molecule has 0 saturated heterocycles. The number of carbonyl (C=O) groups excluding carboxylic acids is 1. The second-order valence-corrected chi connectivity index (χ2v) is 4.59. The molecule has 3 nitrogen and oxygen atoms in total. The molecule has 0 N–H and O–H groups in total. The fraction of sp³-hybridized carbons (Fsp3) is 0.412. The van der Waals surface area contributed by atoms with E-state index in [4.69, 9.17) is 4.74 Å². The summed E-state index contributed by atoms with van der Waals surface area (Å²) in [6, 6.07) is 11.5. The maximum absolute atomic E-state index is 11.9. The van der Waals surface area contributed by atoms with Gasteiger partial charge in [0.25, 0.3) is 0 Å². The van der Waals surface area contributed by atoms with E-state index < -0.39 is 6.10 Å². The Hall–Kier alpha value is -2.08. The van der Waals surface area contributed by atoms with Gasteiger partial charge in [-0.25, -0.2) is 0 Å². The van der Waals surface area contributed by atoms with Gasteiger partial charge in [-0.05, 0) is 18.9 Å². The van der Waals surface area contributed by atoms with Crippen LogP contribution in [0.15, 0.2) is 42.0 Å². The molecule has 1 rings (SSSR count). The lowest BCUT2D eigenvalue weighted by molar-refractivity contribution is -0.147. The Bertz CT molecular complexity index is 485. The molecule has 20 heavy (non-hydrogen) atoms. The minimum atomic E-state index is -0.597. The lowest BCUT2D eigenvalue weighted by atomic mass is 10.0. The van der Waals surface area contributed by atoms with Crippen molar-refractivity contribution >= 4 is 5.97 Å². The second kappa shape index (κ2) is 8.92. The number of unbranched alkanes of at least 4 members (excludes halogenated alkanes) is 2. The zero-order valence-electron chi connectivity index (χ0n) is 12.1. The quantitative estimate of drug-likeness (QED) is 0.421. The number of nitrogens with zero attached hydrogens (tertiary/aromatic N) is 1. The highest BCUT2D eigenvalue weighted by molar-refractivity contribution is 5.70. The average molecular weight is 271 g/mol. The Kier molecular flexibility index (Phi) is 7.13. The lowest BCUT2D eigenvalue weighted by Gasteiger charge is -2.17. The molecule has 0 radical (unpaired) electrons. The van der Waals surface area contributed by atoms with Crippen LogP contribution < -0.4 is 0 Å². The van der Waals surface area contributed by atoms with Crippen LogP contribution in [0.5, 0.6) is 0 Å². The number of allylic oxidation sites excluding steroid dienone is 1. The van der Waals surface area contributed by atoms with Crippen molar-refractivity contribution in [1.29, 1.82) is 5.26 Å². The number of carbonyl (C=O) groups is 1. The maximum Gasteiger partial charge on any atom is 0.306 e. The molecule has 0 aromatic heterocycles. The van der Waals surface area contributed by atoms with Crippen molar-refractivity contribution in [3.8, 4) is 6.07 Å². The van der Waals surface area contributed by atoms with Crippen molar-refractivity contribution in [3.05, 3.63) is 47.5 Å². The topological polar surface area (TPSA) is 50.1 Å². The molecule has 0 aliphatic heterocycles. The number of esters is 1. The summed E-state index contributed by atoms with van der Waals surface area (Å²) in [6.45, 7) is 3.87. The van der Waals surface area contributed by atoms with Gasteiger partial charge in [-0.3, -0.25) is 4.79 Å². The zero-order valence-corrected chi connectivity index (χ0v) is 12.1. The summed E-state index contributed by atoms with van der Waals surface area (Å²) in [5.41, 5.74) is 1.28. The highest BCUT2D eigenvalue weighted by Gasteiger charge is 2.20. The van der Waals surface area contributed by atoms with Crippen molar-refractivity contribution in [2.45, 2.75) is 45.6 Å². The Balaban J connectivity index is 2.80. The molecule has 0 saturated carbocycles. The first-order valence-electron chi connectivity index (χ1n) is 7.03. The average Bonchev–Trinajstić information content (AvgIpc) is 2.48. The molecule has 1 aromatic carbocycles. The van der Waals surface area contributed by atoms with Crippen molar-refractivity contribution in [2.75, 3.05) is 0 Å². The summed E-state index contributed by atoms with van der Waals surface area (Å²) < 4.78 is 5.50. The molecule has 1 unspecified atom stereocenters. The fourth-order valence-corrected chi connectivity index (χ4v) is 1.92. The molecule has 0 amide bonds. The highest BCUT2D eigenvalue weighted by atomic mass is 16.5. The molecule has 0 spiro atoms. The Labute approximate surface area is 120 Å². The predicted molar refractivity (Wildman–Crippen MR) is 78.8 cm³/mol. The summed E-state index contributed by atoms with van der Waals surface area (Å²) >= 11 is 0. The van der Waals surface area contributed by atoms with Crippen molar-refractivity contribution in [2.24, 2.45) is 0 Å². The van der Waals surface area contributed by atoms with Crippen molar-refractivity contribution < 1.29 is 9.53 Å². The Morgan fingerprint density at radius 3 is 2.60 bits per heavy atom. The summed E-state index contributed by atoms with van der Waals surface area (Å²) in [4.78, 5) is 11.9. The standard InChI is InChI=1S/C17H21NO2/c1-3-5-7-12-16(19)20-17(14(4-2)13-18)15-10-8-6-9-11-15/h4,6,8-11,17H,3,5,7,12H2,1-2H3/b14-4-. The van der Waals surface area contributed by atoms with E-state index in [1.54, 1.807) is 13.0 Å². The van der Waals surface area contributed by atoms with E-state index in [1.165, 1.54) is 0 Å². The van der Waals surface area contributed by atoms with E-state index in [1.807, 2.05) is 30.3 Å². The van der Waals surface area contributed by atoms with Gasteiger partial charge in [0.1, 0.15) is 0 Å². The van der Waals surface area contributed by atoms with Gasteiger partial charge in [0.15, 0.2) is 6.10 Å². The predicted octanol–water partition coefficient (Wildman–Crippen LogP) is 4.32. The third-order valence-corrected chi connectivity index (χ3v) is 3.06. The largest absolute Gasteiger partial charge is 0.452 e. The van der Waals surface area contributed by atoms with Gasteiger partial charge in [-0.15, -0.1) is 0 Å². The molecule has 1 aromatic rings. The molecule has 0 heterocycles. The van der Waals surface area contributed by atoms with E-state index in [-0.39, 0.29) is 5.97 Å². The summed E-state index contributed by atoms with van der Waals surface area (Å²) in [5, 5.41) is 9.18. The van der Waals surface area contributed by atoms with Crippen LogP contribution in [0, 0.1) is 11.3 Å². The van der Waals surface area contributed by atoms with Crippen LogP contribution in [0.3, 0.4) is 0 Å². The first-order valence-corrected chi connectivity index (χ1v) is 7.03. The number of benzene rings is 1. The number of rotatable bonds is 7. The second-order valence-electron chi connectivity index (χ2n) is 4.59. The highest BCUT2D eigenvalue weighted by Crippen LogP contribution is 2.26. The lowest BCUT2D eigenvalue weighted by Crippen LogP contribution is -2.13. The van der Waals surface area contributed by atoms with E-state index in [9.17, 15) is 10.1 Å². The number of nitriles is 1. The fourth-order valence-electron chi connectivity index (χ4n) is 1.92. The third kappa shape index (κ3) is 4.89. The molecule has 0 fully saturated rings. The van der Waals surface area contributed by atoms with Crippen LogP contribution in [0.2, 0.25) is 0 Å². The van der Waals surface area contributed by atoms with Gasteiger partial charge >= 0.3 is 5.97 Å². The van der Waals surface area contributed by atoms with Gasteiger partial charge in [-0.1, -0.05) is 56.2 Å². The van der Waals surface area contributed by atoms with Gasteiger partial charge in [-0.2, -0.15) is 5.26 Å². The molecule has 106 valence electrons. The van der Waals surface area contributed by atoms with Crippen LogP contribution in [0.1, 0.15) is 51.2 Å². The van der Waals surface area contributed by atoms with E-state index >= 15 is 0 Å². The first kappa shape index (κ1) is 16.0. The molecule has 0 aliphatic carbocycles. The normalized spacial score (nSPS) is 12.6. The monoisotopic (exact) mass is 271 g/mol. The minimum absolute atomic E-state index is 0.248. The van der Waals surface area contributed by atoms with E-state index in [0.29, 0.717) is 12.0 Å². The Morgan fingerprint density at radius 2 is 2.05 bits per heavy atom. The number of ether oxygens (including phenoxy) is 1. The molecular formula is C17H21NO2.